The number of aryl methyl sites for hydroxylation is 1. The van der Waals surface area contributed by atoms with Crippen LogP contribution in [0.15, 0.2) is 48.5 Å². The number of ether oxygens (including phenoxy) is 1. The van der Waals surface area contributed by atoms with Gasteiger partial charge in [-0.05, 0) is 37.8 Å². The highest BCUT2D eigenvalue weighted by Gasteiger charge is 2.52. The van der Waals surface area contributed by atoms with Gasteiger partial charge in [-0.25, -0.2) is 0 Å². The molecule has 0 bridgehead atoms. The molecule has 0 amide bonds. The Morgan fingerprint density at radius 1 is 1.05 bits per heavy atom. The lowest BCUT2D eigenvalue weighted by Gasteiger charge is -2.29. The maximum Gasteiger partial charge on any atom is 0.124 e. The maximum absolute atomic E-state index is 6.22. The third kappa shape index (κ3) is 1.42. The Morgan fingerprint density at radius 3 is 2.68 bits per heavy atom. The fourth-order valence-electron chi connectivity index (χ4n) is 3.87. The lowest BCUT2D eigenvalue weighted by molar-refractivity contribution is 0.193. The van der Waals surface area contributed by atoms with Crippen LogP contribution in [0.1, 0.15) is 36.0 Å². The van der Waals surface area contributed by atoms with Crippen molar-refractivity contribution in [2.45, 2.75) is 37.7 Å². The van der Waals surface area contributed by atoms with E-state index >= 15 is 0 Å². The van der Waals surface area contributed by atoms with Gasteiger partial charge in [-0.3, -0.25) is 0 Å². The second-order valence-electron chi connectivity index (χ2n) is 5.83. The van der Waals surface area contributed by atoms with E-state index < -0.39 is 0 Å². The summed E-state index contributed by atoms with van der Waals surface area (Å²) in [6.45, 7) is 2.15. The Morgan fingerprint density at radius 2 is 1.84 bits per heavy atom. The smallest absolute Gasteiger partial charge is 0.124 e. The van der Waals surface area contributed by atoms with Crippen LogP contribution in [0.4, 0.5) is 0 Å². The molecule has 1 aliphatic carbocycles. The van der Waals surface area contributed by atoms with Gasteiger partial charge in [0, 0.05) is 5.56 Å². The molecule has 1 aliphatic heterocycles. The zero-order valence-corrected chi connectivity index (χ0v) is 11.2. The van der Waals surface area contributed by atoms with Gasteiger partial charge >= 0.3 is 0 Å². The van der Waals surface area contributed by atoms with Gasteiger partial charge in [-0.2, -0.15) is 0 Å². The summed E-state index contributed by atoms with van der Waals surface area (Å²) in [6, 6.07) is 17.6. The number of hydrogen-bond acceptors (Lipinski definition) is 1. The van der Waals surface area contributed by atoms with Crippen molar-refractivity contribution in [3.05, 3.63) is 65.2 Å². The van der Waals surface area contributed by atoms with E-state index in [4.69, 9.17) is 4.74 Å². The summed E-state index contributed by atoms with van der Waals surface area (Å²) in [5, 5.41) is 0. The summed E-state index contributed by atoms with van der Waals surface area (Å²) in [7, 11) is 0. The minimum atomic E-state index is 0.101. The van der Waals surface area contributed by atoms with Crippen molar-refractivity contribution < 1.29 is 4.74 Å². The number of fused-ring (bicyclic) bond motifs is 3. The summed E-state index contributed by atoms with van der Waals surface area (Å²) in [5.41, 5.74) is 4.23. The molecule has 0 N–H and O–H groups in total. The minimum Gasteiger partial charge on any atom is -0.489 e. The van der Waals surface area contributed by atoms with E-state index in [1.807, 2.05) is 0 Å². The van der Waals surface area contributed by atoms with Crippen LogP contribution in [-0.4, -0.2) is 6.10 Å². The molecule has 19 heavy (non-hydrogen) atoms. The second-order valence-corrected chi connectivity index (χ2v) is 5.83. The molecule has 0 radical (unpaired) electrons. The van der Waals surface area contributed by atoms with Crippen molar-refractivity contribution in [3.8, 4) is 5.75 Å². The summed E-state index contributed by atoms with van der Waals surface area (Å²) < 4.78 is 6.22. The number of hydrogen-bond donors (Lipinski definition) is 0. The van der Waals surface area contributed by atoms with Gasteiger partial charge in [0.25, 0.3) is 0 Å². The van der Waals surface area contributed by atoms with Crippen LogP contribution < -0.4 is 4.74 Å². The van der Waals surface area contributed by atoms with Crippen LogP contribution in [0.2, 0.25) is 0 Å². The Kier molecular flexibility index (Phi) is 2.26. The van der Waals surface area contributed by atoms with Gasteiger partial charge < -0.3 is 4.74 Å². The van der Waals surface area contributed by atoms with Gasteiger partial charge in [-0.15, -0.1) is 0 Å². The minimum absolute atomic E-state index is 0.101. The Labute approximate surface area is 114 Å². The predicted molar refractivity (Wildman–Crippen MR) is 76.7 cm³/mol. The molecule has 1 fully saturated rings. The van der Waals surface area contributed by atoms with Crippen molar-refractivity contribution in [2.75, 3.05) is 0 Å². The van der Waals surface area contributed by atoms with Crippen molar-refractivity contribution in [2.24, 2.45) is 0 Å². The first kappa shape index (κ1) is 11.1. The lowest BCUT2D eigenvalue weighted by Crippen LogP contribution is -2.33. The molecule has 0 spiro atoms. The molecule has 2 aliphatic rings. The summed E-state index contributed by atoms with van der Waals surface area (Å²) in [5.74, 6) is 1.09. The molecular formula is C18H18O. The van der Waals surface area contributed by atoms with Crippen molar-refractivity contribution in [3.63, 3.8) is 0 Å². The summed E-state index contributed by atoms with van der Waals surface area (Å²) in [6.07, 6.45) is 3.96. The topological polar surface area (TPSA) is 9.23 Å². The SMILES string of the molecule is Cc1ccc(C23CCCC2Oc2ccccc23)cc1. The molecule has 0 aromatic heterocycles. The first-order valence-corrected chi connectivity index (χ1v) is 7.14. The van der Waals surface area contributed by atoms with Gasteiger partial charge in [0.2, 0.25) is 0 Å². The first-order chi connectivity index (χ1) is 9.30. The molecule has 0 saturated heterocycles. The average Bonchev–Trinajstić information content (AvgIpc) is 2.96. The van der Waals surface area contributed by atoms with Crippen molar-refractivity contribution in [1.29, 1.82) is 0 Å². The number of para-hydroxylation sites is 1. The molecule has 2 aromatic carbocycles. The van der Waals surface area contributed by atoms with E-state index in [-0.39, 0.29) is 5.41 Å². The van der Waals surface area contributed by atoms with Gasteiger partial charge in [-0.1, -0.05) is 48.0 Å². The highest BCUT2D eigenvalue weighted by atomic mass is 16.5. The van der Waals surface area contributed by atoms with Crippen LogP contribution in [0.3, 0.4) is 0 Å². The molecular weight excluding hydrogens is 232 g/mol. The third-order valence-electron chi connectivity index (χ3n) is 4.79. The Hall–Kier alpha value is -1.76. The van der Waals surface area contributed by atoms with Crippen LogP contribution in [0, 0.1) is 6.92 Å². The van der Waals surface area contributed by atoms with E-state index in [2.05, 4.69) is 55.5 Å². The van der Waals surface area contributed by atoms with Crippen LogP contribution in [0.5, 0.6) is 5.75 Å². The van der Waals surface area contributed by atoms with E-state index in [9.17, 15) is 0 Å². The second kappa shape index (κ2) is 3.86. The summed E-state index contributed by atoms with van der Waals surface area (Å²) in [4.78, 5) is 0. The zero-order chi connectivity index (χ0) is 12.9. The first-order valence-electron chi connectivity index (χ1n) is 7.14. The largest absolute Gasteiger partial charge is 0.489 e. The Bertz CT molecular complexity index is 614. The Balaban J connectivity index is 1.93. The predicted octanol–water partition coefficient (Wildman–Crippen LogP) is 4.23. The van der Waals surface area contributed by atoms with Gasteiger partial charge in [0.05, 0.1) is 5.41 Å². The van der Waals surface area contributed by atoms with Gasteiger partial charge in [0.15, 0.2) is 0 Å². The van der Waals surface area contributed by atoms with Crippen LogP contribution >= 0.6 is 0 Å². The van der Waals surface area contributed by atoms with E-state index in [0.29, 0.717) is 6.10 Å². The zero-order valence-electron chi connectivity index (χ0n) is 11.2. The molecule has 2 unspecified atom stereocenters. The van der Waals surface area contributed by atoms with Crippen molar-refractivity contribution >= 4 is 0 Å². The molecule has 2 atom stereocenters. The average molecular weight is 250 g/mol. The maximum atomic E-state index is 6.22. The number of benzene rings is 2. The monoisotopic (exact) mass is 250 g/mol. The van der Waals surface area contributed by atoms with Crippen molar-refractivity contribution in [1.82, 2.24) is 0 Å². The standard InChI is InChI=1S/C18H18O/c1-13-8-10-14(11-9-13)18-12-4-7-17(18)19-16-6-3-2-5-15(16)18/h2-3,5-6,8-11,17H,4,7,12H2,1H3. The van der Waals surface area contributed by atoms with Gasteiger partial charge in [0.1, 0.15) is 11.9 Å². The fourth-order valence-corrected chi connectivity index (χ4v) is 3.87. The van der Waals surface area contributed by atoms with E-state index in [1.165, 1.54) is 36.0 Å². The molecule has 2 aromatic rings. The molecule has 1 saturated carbocycles. The quantitative estimate of drug-likeness (QED) is 0.736. The highest BCUT2D eigenvalue weighted by Crippen LogP contribution is 2.55. The molecule has 4 rings (SSSR count). The lowest BCUT2D eigenvalue weighted by atomic mass is 9.73. The highest BCUT2D eigenvalue weighted by molar-refractivity contribution is 5.53. The normalized spacial score (nSPS) is 27.7. The number of rotatable bonds is 1. The molecule has 96 valence electrons. The molecule has 1 nitrogen and oxygen atoms in total. The van der Waals surface area contributed by atoms with Crippen LogP contribution in [0.25, 0.3) is 0 Å². The van der Waals surface area contributed by atoms with E-state index in [1.54, 1.807) is 0 Å². The third-order valence-corrected chi connectivity index (χ3v) is 4.79. The fraction of sp³-hybridized carbons (Fsp3) is 0.333. The molecule has 1 heteroatoms. The molecule has 1 heterocycles. The summed E-state index contributed by atoms with van der Waals surface area (Å²) >= 11 is 0. The van der Waals surface area contributed by atoms with E-state index in [0.717, 1.165) is 5.75 Å². The van der Waals surface area contributed by atoms with Crippen LogP contribution in [-0.2, 0) is 5.41 Å².